The molecule has 0 aliphatic heterocycles. The Hall–Kier alpha value is -7.04. The van der Waals surface area contributed by atoms with Crippen LogP contribution in [0.1, 0.15) is 0 Å². The molecule has 0 spiro atoms. The summed E-state index contributed by atoms with van der Waals surface area (Å²) >= 11 is 0. The van der Waals surface area contributed by atoms with Gasteiger partial charge in [0.15, 0.2) is 0 Å². The van der Waals surface area contributed by atoms with Crippen LogP contribution in [0.25, 0.3) is 110 Å². The van der Waals surface area contributed by atoms with E-state index in [0.717, 1.165) is 66.4 Å². The smallest absolute Gasteiger partial charge is 0.136 e. The molecule has 4 heteroatoms. The molecule has 12 aromatic rings. The minimum absolute atomic E-state index is 0.852. The molecule has 0 aliphatic rings. The minimum Gasteiger partial charge on any atom is -0.456 e. The first-order valence-electron chi connectivity index (χ1n) is 17.7. The number of para-hydroxylation sites is 4. The highest BCUT2D eigenvalue weighted by atomic mass is 16.3. The number of fused-ring (bicyclic) bond motifs is 13. The number of benzene rings is 8. The van der Waals surface area contributed by atoms with Gasteiger partial charge in [-0.15, -0.1) is 0 Å². The summed E-state index contributed by atoms with van der Waals surface area (Å²) in [5.74, 6) is 0. The molecule has 0 fully saturated rings. The van der Waals surface area contributed by atoms with Gasteiger partial charge in [0.25, 0.3) is 0 Å². The van der Waals surface area contributed by atoms with Gasteiger partial charge in [0.1, 0.15) is 22.3 Å². The van der Waals surface area contributed by atoms with Crippen molar-refractivity contribution in [3.05, 3.63) is 170 Å². The molecule has 0 atom stereocenters. The van der Waals surface area contributed by atoms with Crippen LogP contribution in [-0.2, 0) is 0 Å². The fourth-order valence-corrected chi connectivity index (χ4v) is 8.65. The maximum atomic E-state index is 6.52. The van der Waals surface area contributed by atoms with Crippen molar-refractivity contribution in [1.29, 1.82) is 0 Å². The minimum atomic E-state index is 0.852. The van der Waals surface area contributed by atoms with Crippen molar-refractivity contribution in [3.8, 4) is 22.5 Å². The van der Waals surface area contributed by atoms with Crippen molar-refractivity contribution < 1.29 is 8.83 Å². The standard InChI is InChI=1S/C48H28N2O2/c1-2-10-31(11-3-1)49-41-17-9-6-14-35(41)36-26-29(18-21-42(36)49)30-19-22-43-37(27-30)47-45(51-43)24-25-46-48(47)38-28-32(20-23-44(38)52-46)50-39-15-7-4-12-33(39)34-13-5-8-16-40(34)50/h1-28H. The molecule has 0 saturated carbocycles. The first-order valence-corrected chi connectivity index (χ1v) is 17.7. The second-order valence-electron chi connectivity index (χ2n) is 13.7. The van der Waals surface area contributed by atoms with Crippen LogP contribution in [0.5, 0.6) is 0 Å². The predicted molar refractivity (Wildman–Crippen MR) is 215 cm³/mol. The highest BCUT2D eigenvalue weighted by molar-refractivity contribution is 6.26. The molecule has 0 unspecified atom stereocenters. The Morgan fingerprint density at radius 1 is 0.288 bits per heavy atom. The van der Waals surface area contributed by atoms with Crippen molar-refractivity contribution in [2.45, 2.75) is 0 Å². The molecule has 0 aliphatic carbocycles. The first kappa shape index (κ1) is 27.7. The molecule has 242 valence electrons. The number of nitrogens with zero attached hydrogens (tertiary/aromatic N) is 2. The van der Waals surface area contributed by atoms with Gasteiger partial charge in [-0.05, 0) is 96.1 Å². The van der Waals surface area contributed by atoms with Gasteiger partial charge in [0.05, 0.1) is 22.1 Å². The number of hydrogen-bond donors (Lipinski definition) is 0. The van der Waals surface area contributed by atoms with Crippen molar-refractivity contribution in [2.75, 3.05) is 0 Å². The second kappa shape index (κ2) is 10.3. The van der Waals surface area contributed by atoms with Gasteiger partial charge < -0.3 is 18.0 Å². The van der Waals surface area contributed by atoms with Crippen LogP contribution in [0.15, 0.2) is 179 Å². The fraction of sp³-hybridized carbons (Fsp3) is 0. The van der Waals surface area contributed by atoms with E-state index in [9.17, 15) is 0 Å². The van der Waals surface area contributed by atoms with Crippen LogP contribution in [0.2, 0.25) is 0 Å². The summed E-state index contributed by atoms with van der Waals surface area (Å²) in [6.45, 7) is 0. The SMILES string of the molecule is c1ccc(-n2c3ccccc3c3cc(-c4ccc5oc6ccc7oc8ccc(-n9c%10ccccc%10c%10ccccc%109)cc8c7c6c5c4)ccc32)cc1. The van der Waals surface area contributed by atoms with Gasteiger partial charge in [-0.2, -0.15) is 0 Å². The predicted octanol–water partition coefficient (Wildman–Crippen LogP) is 13.3. The van der Waals surface area contributed by atoms with E-state index in [-0.39, 0.29) is 0 Å². The lowest BCUT2D eigenvalue weighted by atomic mass is 9.99. The van der Waals surface area contributed by atoms with Crippen molar-refractivity contribution in [1.82, 2.24) is 9.13 Å². The van der Waals surface area contributed by atoms with E-state index in [1.165, 1.54) is 43.6 Å². The Bertz CT molecular complexity index is 3360. The van der Waals surface area contributed by atoms with Gasteiger partial charge >= 0.3 is 0 Å². The number of aromatic nitrogens is 2. The molecule has 12 rings (SSSR count). The van der Waals surface area contributed by atoms with Crippen LogP contribution in [-0.4, -0.2) is 9.13 Å². The Morgan fingerprint density at radius 2 is 0.731 bits per heavy atom. The quantitative estimate of drug-likeness (QED) is 0.188. The summed E-state index contributed by atoms with van der Waals surface area (Å²) in [4.78, 5) is 0. The van der Waals surface area contributed by atoms with Gasteiger partial charge in [-0.25, -0.2) is 0 Å². The van der Waals surface area contributed by atoms with Crippen molar-refractivity contribution in [3.63, 3.8) is 0 Å². The van der Waals surface area contributed by atoms with Gasteiger partial charge in [-0.1, -0.05) is 84.9 Å². The van der Waals surface area contributed by atoms with Crippen LogP contribution in [0.4, 0.5) is 0 Å². The average molecular weight is 665 g/mol. The Balaban J connectivity index is 1.08. The number of rotatable bonds is 3. The molecular formula is C48H28N2O2. The lowest BCUT2D eigenvalue weighted by Crippen LogP contribution is -1.93. The summed E-state index contributed by atoms with van der Waals surface area (Å²) < 4.78 is 17.8. The maximum Gasteiger partial charge on any atom is 0.136 e. The molecule has 4 heterocycles. The molecule has 0 N–H and O–H groups in total. The fourth-order valence-electron chi connectivity index (χ4n) is 8.65. The van der Waals surface area contributed by atoms with Crippen LogP contribution in [0, 0.1) is 0 Å². The Labute approximate surface area is 296 Å². The molecule has 0 amide bonds. The number of furan rings is 2. The van der Waals surface area contributed by atoms with Crippen LogP contribution in [0.3, 0.4) is 0 Å². The highest BCUT2D eigenvalue weighted by Gasteiger charge is 2.20. The largest absolute Gasteiger partial charge is 0.456 e. The van der Waals surface area contributed by atoms with E-state index in [1.54, 1.807) is 0 Å². The van der Waals surface area contributed by atoms with Gasteiger partial charge in [0.2, 0.25) is 0 Å². The molecule has 0 saturated heterocycles. The molecule has 8 aromatic carbocycles. The molecule has 0 radical (unpaired) electrons. The second-order valence-corrected chi connectivity index (χ2v) is 13.7. The Kier molecular flexibility index (Phi) is 5.47. The monoisotopic (exact) mass is 664 g/mol. The average Bonchev–Trinajstić information content (AvgIpc) is 3.95. The molecule has 0 bridgehead atoms. The summed E-state index contributed by atoms with van der Waals surface area (Å²) in [5.41, 5.74) is 12.7. The zero-order valence-corrected chi connectivity index (χ0v) is 27.9. The molecule has 4 nitrogen and oxygen atoms in total. The first-order chi connectivity index (χ1) is 25.8. The molecular weight excluding hydrogens is 637 g/mol. The van der Waals surface area contributed by atoms with Gasteiger partial charge in [0, 0.05) is 54.5 Å². The third-order valence-corrected chi connectivity index (χ3v) is 10.9. The van der Waals surface area contributed by atoms with Crippen LogP contribution >= 0.6 is 0 Å². The molecule has 52 heavy (non-hydrogen) atoms. The summed E-state index contributed by atoms with van der Waals surface area (Å²) in [6, 6.07) is 60.6. The lowest BCUT2D eigenvalue weighted by Gasteiger charge is -2.08. The van der Waals surface area contributed by atoms with E-state index in [1.807, 2.05) is 12.1 Å². The highest BCUT2D eigenvalue weighted by Crippen LogP contribution is 2.43. The van der Waals surface area contributed by atoms with E-state index >= 15 is 0 Å². The third-order valence-electron chi connectivity index (χ3n) is 10.9. The van der Waals surface area contributed by atoms with E-state index < -0.39 is 0 Å². The topological polar surface area (TPSA) is 36.1 Å². The zero-order valence-electron chi connectivity index (χ0n) is 27.9. The maximum absolute atomic E-state index is 6.52. The Morgan fingerprint density at radius 3 is 1.37 bits per heavy atom. The van der Waals surface area contributed by atoms with Crippen molar-refractivity contribution >= 4 is 87.5 Å². The molecule has 4 aromatic heterocycles. The van der Waals surface area contributed by atoms with Crippen LogP contribution < -0.4 is 0 Å². The van der Waals surface area contributed by atoms with Crippen molar-refractivity contribution in [2.24, 2.45) is 0 Å². The van der Waals surface area contributed by atoms with Gasteiger partial charge in [-0.3, -0.25) is 0 Å². The zero-order chi connectivity index (χ0) is 33.9. The van der Waals surface area contributed by atoms with E-state index in [4.69, 9.17) is 8.83 Å². The third kappa shape index (κ3) is 3.75. The number of hydrogen-bond acceptors (Lipinski definition) is 2. The van der Waals surface area contributed by atoms with E-state index in [0.29, 0.717) is 0 Å². The summed E-state index contributed by atoms with van der Waals surface area (Å²) in [7, 11) is 0. The van der Waals surface area contributed by atoms with E-state index in [2.05, 4.69) is 167 Å². The normalized spacial score (nSPS) is 12.2. The lowest BCUT2D eigenvalue weighted by molar-refractivity contribution is 0.663. The summed E-state index contributed by atoms with van der Waals surface area (Å²) in [6.07, 6.45) is 0. The summed E-state index contributed by atoms with van der Waals surface area (Å²) in [5, 5.41) is 9.26.